The highest BCUT2D eigenvalue weighted by atomic mass is 16.5. The number of methoxy groups -OCH3 is 2. The summed E-state index contributed by atoms with van der Waals surface area (Å²) in [6.07, 6.45) is 0. The van der Waals surface area contributed by atoms with Crippen molar-refractivity contribution in [1.29, 1.82) is 5.26 Å². The van der Waals surface area contributed by atoms with Crippen LogP contribution in [-0.4, -0.2) is 51.3 Å². The summed E-state index contributed by atoms with van der Waals surface area (Å²) in [6.45, 7) is 5.60. The Balaban J connectivity index is 2.05. The molecule has 1 unspecified atom stereocenters. The van der Waals surface area contributed by atoms with Gasteiger partial charge >= 0.3 is 0 Å². The molecule has 5 nitrogen and oxygen atoms in total. The average molecular weight is 275 g/mol. The normalized spacial score (nSPS) is 17.4. The van der Waals surface area contributed by atoms with Gasteiger partial charge in [0.15, 0.2) is 11.5 Å². The van der Waals surface area contributed by atoms with Crippen LogP contribution in [0.5, 0.6) is 11.5 Å². The maximum atomic E-state index is 8.96. The fourth-order valence-electron chi connectivity index (χ4n) is 2.47. The maximum absolute atomic E-state index is 8.96. The van der Waals surface area contributed by atoms with Gasteiger partial charge in [-0.1, -0.05) is 0 Å². The first-order valence-corrected chi connectivity index (χ1v) is 6.80. The first-order valence-electron chi connectivity index (χ1n) is 6.80. The molecule has 0 amide bonds. The summed E-state index contributed by atoms with van der Waals surface area (Å²) >= 11 is 0. The molecular formula is C15H21N3O2. The Morgan fingerprint density at radius 3 is 2.30 bits per heavy atom. The first kappa shape index (κ1) is 14.5. The van der Waals surface area contributed by atoms with Gasteiger partial charge in [-0.05, 0) is 19.1 Å². The van der Waals surface area contributed by atoms with E-state index in [2.05, 4.69) is 15.9 Å². The van der Waals surface area contributed by atoms with Crippen molar-refractivity contribution < 1.29 is 9.47 Å². The lowest BCUT2D eigenvalue weighted by atomic mass is 10.2. The van der Waals surface area contributed by atoms with Crippen molar-refractivity contribution in [3.05, 3.63) is 18.2 Å². The number of nitrogens with zero attached hydrogens (tertiary/aromatic N) is 3. The second kappa shape index (κ2) is 6.49. The summed E-state index contributed by atoms with van der Waals surface area (Å²) in [4.78, 5) is 4.51. The zero-order valence-corrected chi connectivity index (χ0v) is 12.3. The molecule has 0 aliphatic carbocycles. The number of piperazine rings is 1. The van der Waals surface area contributed by atoms with Gasteiger partial charge in [-0.25, -0.2) is 0 Å². The predicted octanol–water partition coefficient (Wildman–Crippen LogP) is 1.74. The van der Waals surface area contributed by atoms with Gasteiger partial charge in [-0.2, -0.15) is 5.26 Å². The summed E-state index contributed by atoms with van der Waals surface area (Å²) in [5, 5.41) is 8.96. The van der Waals surface area contributed by atoms with Crippen molar-refractivity contribution in [2.75, 3.05) is 45.3 Å². The molecule has 0 bridgehead atoms. The van der Waals surface area contributed by atoms with Crippen LogP contribution in [0.2, 0.25) is 0 Å². The van der Waals surface area contributed by atoms with E-state index in [1.807, 2.05) is 25.1 Å². The SMILES string of the molecule is COc1ccc(N2CCN(C(C)C#N)CC2)cc1OC. The number of anilines is 1. The van der Waals surface area contributed by atoms with Gasteiger partial charge in [0.05, 0.1) is 26.3 Å². The molecule has 108 valence electrons. The van der Waals surface area contributed by atoms with E-state index in [4.69, 9.17) is 14.7 Å². The lowest BCUT2D eigenvalue weighted by Crippen LogP contribution is -2.49. The summed E-state index contributed by atoms with van der Waals surface area (Å²) in [5.74, 6) is 1.49. The number of nitriles is 1. The molecule has 0 aromatic heterocycles. The molecule has 1 fully saturated rings. The third-order valence-corrected chi connectivity index (χ3v) is 3.78. The average Bonchev–Trinajstić information content (AvgIpc) is 2.53. The Hall–Kier alpha value is -1.93. The molecule has 5 heteroatoms. The van der Waals surface area contributed by atoms with Crippen LogP contribution in [-0.2, 0) is 0 Å². The monoisotopic (exact) mass is 275 g/mol. The van der Waals surface area contributed by atoms with Crippen LogP contribution in [0.1, 0.15) is 6.92 Å². The fourth-order valence-corrected chi connectivity index (χ4v) is 2.47. The molecule has 20 heavy (non-hydrogen) atoms. The highest BCUT2D eigenvalue weighted by Gasteiger charge is 2.21. The fraction of sp³-hybridized carbons (Fsp3) is 0.533. The van der Waals surface area contributed by atoms with Gasteiger partial charge in [0.25, 0.3) is 0 Å². The molecule has 1 atom stereocenters. The molecule has 1 saturated heterocycles. The van der Waals surface area contributed by atoms with Crippen LogP contribution in [0.3, 0.4) is 0 Å². The third-order valence-electron chi connectivity index (χ3n) is 3.78. The van der Waals surface area contributed by atoms with Crippen molar-refractivity contribution in [3.8, 4) is 17.6 Å². The molecule has 1 aromatic rings. The maximum Gasteiger partial charge on any atom is 0.162 e. The lowest BCUT2D eigenvalue weighted by Gasteiger charge is -2.37. The molecular weight excluding hydrogens is 254 g/mol. The largest absolute Gasteiger partial charge is 0.493 e. The minimum absolute atomic E-state index is 0.0115. The number of hydrogen-bond acceptors (Lipinski definition) is 5. The molecule has 1 aliphatic rings. The van der Waals surface area contributed by atoms with Crippen molar-refractivity contribution >= 4 is 5.69 Å². The highest BCUT2D eigenvalue weighted by Crippen LogP contribution is 2.31. The number of rotatable bonds is 4. The van der Waals surface area contributed by atoms with Crippen molar-refractivity contribution in [3.63, 3.8) is 0 Å². The standard InChI is InChI=1S/C15H21N3O2/c1-12(11-16)17-6-8-18(9-7-17)13-4-5-14(19-2)15(10-13)20-3/h4-5,10,12H,6-9H2,1-3H3. The summed E-state index contributed by atoms with van der Waals surface area (Å²) < 4.78 is 10.6. The Morgan fingerprint density at radius 1 is 1.10 bits per heavy atom. The minimum Gasteiger partial charge on any atom is -0.493 e. The lowest BCUT2D eigenvalue weighted by molar-refractivity contribution is 0.231. The zero-order chi connectivity index (χ0) is 14.5. The highest BCUT2D eigenvalue weighted by molar-refractivity contribution is 5.56. The summed E-state index contributed by atoms with van der Waals surface area (Å²) in [5.41, 5.74) is 1.13. The van der Waals surface area contributed by atoms with Crippen molar-refractivity contribution in [1.82, 2.24) is 4.90 Å². The zero-order valence-electron chi connectivity index (χ0n) is 12.3. The van der Waals surface area contributed by atoms with E-state index >= 15 is 0 Å². The van der Waals surface area contributed by atoms with E-state index in [1.54, 1.807) is 14.2 Å². The number of hydrogen-bond donors (Lipinski definition) is 0. The second-order valence-corrected chi connectivity index (χ2v) is 4.87. The topological polar surface area (TPSA) is 48.7 Å². The van der Waals surface area contributed by atoms with Gasteiger partial charge in [0.1, 0.15) is 0 Å². The Bertz CT molecular complexity index is 490. The van der Waals surface area contributed by atoms with E-state index in [9.17, 15) is 0 Å². The number of ether oxygens (including phenoxy) is 2. The van der Waals surface area contributed by atoms with E-state index in [0.717, 1.165) is 43.4 Å². The van der Waals surface area contributed by atoms with Crippen LogP contribution < -0.4 is 14.4 Å². The molecule has 2 rings (SSSR count). The van der Waals surface area contributed by atoms with Crippen LogP contribution in [0.15, 0.2) is 18.2 Å². The Morgan fingerprint density at radius 2 is 1.75 bits per heavy atom. The molecule has 0 saturated carbocycles. The van der Waals surface area contributed by atoms with Gasteiger partial charge in [-0.3, -0.25) is 4.90 Å². The van der Waals surface area contributed by atoms with Crippen LogP contribution in [0.25, 0.3) is 0 Å². The van der Waals surface area contributed by atoms with E-state index in [1.165, 1.54) is 0 Å². The molecule has 0 N–H and O–H groups in total. The number of benzene rings is 1. The van der Waals surface area contributed by atoms with Crippen molar-refractivity contribution in [2.45, 2.75) is 13.0 Å². The molecule has 1 aromatic carbocycles. The van der Waals surface area contributed by atoms with Gasteiger partial charge < -0.3 is 14.4 Å². The van der Waals surface area contributed by atoms with Gasteiger partial charge in [-0.15, -0.1) is 0 Å². The predicted molar refractivity (Wildman–Crippen MR) is 78.4 cm³/mol. The minimum atomic E-state index is -0.0115. The van der Waals surface area contributed by atoms with Crippen molar-refractivity contribution in [2.24, 2.45) is 0 Å². The van der Waals surface area contributed by atoms with Gasteiger partial charge in [0.2, 0.25) is 0 Å². The molecule has 1 aliphatic heterocycles. The molecule has 0 spiro atoms. The first-order chi connectivity index (χ1) is 9.69. The van der Waals surface area contributed by atoms with E-state index < -0.39 is 0 Å². The Labute approximate surface area is 120 Å². The Kier molecular flexibility index (Phi) is 4.70. The second-order valence-electron chi connectivity index (χ2n) is 4.87. The third kappa shape index (κ3) is 2.97. The summed E-state index contributed by atoms with van der Waals surface area (Å²) in [6, 6.07) is 8.26. The smallest absolute Gasteiger partial charge is 0.162 e. The van der Waals surface area contributed by atoms with Crippen LogP contribution in [0, 0.1) is 11.3 Å². The van der Waals surface area contributed by atoms with E-state index in [-0.39, 0.29) is 6.04 Å². The van der Waals surface area contributed by atoms with Crippen LogP contribution >= 0.6 is 0 Å². The molecule has 1 heterocycles. The van der Waals surface area contributed by atoms with E-state index in [0.29, 0.717) is 0 Å². The molecule has 0 radical (unpaired) electrons. The summed E-state index contributed by atoms with van der Waals surface area (Å²) in [7, 11) is 3.29. The van der Waals surface area contributed by atoms with Crippen LogP contribution in [0.4, 0.5) is 5.69 Å². The quantitative estimate of drug-likeness (QED) is 0.837. The van der Waals surface area contributed by atoms with Gasteiger partial charge in [0, 0.05) is 37.9 Å².